The molecule has 0 radical (unpaired) electrons. The smallest absolute Gasteiger partial charge is 0.308 e. The maximum Gasteiger partial charge on any atom is 0.308 e. The monoisotopic (exact) mass is 507 g/mol. The van der Waals surface area contributed by atoms with Gasteiger partial charge in [-0.2, -0.15) is 5.26 Å². The highest BCUT2D eigenvalue weighted by Gasteiger charge is 2.17. The van der Waals surface area contributed by atoms with E-state index in [4.69, 9.17) is 21.1 Å². The van der Waals surface area contributed by atoms with Crippen LogP contribution in [0.1, 0.15) is 19.4 Å². The third kappa shape index (κ3) is 6.28. The average Bonchev–Trinajstić information content (AvgIpc) is 2.70. The largest absolute Gasteiger partial charge is 0.490 e. The number of amides is 1. The molecule has 0 heterocycles. The van der Waals surface area contributed by atoms with Crippen molar-refractivity contribution in [3.63, 3.8) is 0 Å². The van der Waals surface area contributed by atoms with Crippen LogP contribution in [0.25, 0.3) is 6.08 Å². The molecule has 31 heavy (non-hydrogen) atoms. The zero-order valence-electron chi connectivity index (χ0n) is 16.3. The van der Waals surface area contributed by atoms with Crippen molar-refractivity contribution in [2.75, 3.05) is 11.9 Å². The normalized spacial score (nSPS) is 10.7. The third-order valence-electron chi connectivity index (χ3n) is 3.67. The first kappa shape index (κ1) is 23.9. The van der Waals surface area contributed by atoms with Gasteiger partial charge in [0, 0.05) is 19.1 Å². The topological polar surface area (TPSA) is 132 Å². The van der Waals surface area contributed by atoms with Crippen molar-refractivity contribution in [1.82, 2.24) is 0 Å². The van der Waals surface area contributed by atoms with Crippen LogP contribution >= 0.6 is 27.5 Å². The molecule has 0 unspecified atom stereocenters. The highest BCUT2D eigenvalue weighted by molar-refractivity contribution is 9.10. The molecule has 0 aliphatic rings. The lowest BCUT2D eigenvalue weighted by Crippen LogP contribution is -2.14. The van der Waals surface area contributed by atoms with Crippen LogP contribution in [0.15, 0.2) is 40.4 Å². The zero-order chi connectivity index (χ0) is 23.1. The van der Waals surface area contributed by atoms with Crippen LogP contribution in [-0.4, -0.2) is 23.4 Å². The second-order valence-corrected chi connectivity index (χ2v) is 7.16. The van der Waals surface area contributed by atoms with E-state index in [1.807, 2.05) is 0 Å². The number of halogens is 2. The van der Waals surface area contributed by atoms with E-state index in [1.54, 1.807) is 19.1 Å². The number of rotatable bonds is 7. The highest BCUT2D eigenvalue weighted by atomic mass is 79.9. The fraction of sp³-hybridized carbons (Fsp3) is 0.150. The number of nitro groups is 1. The van der Waals surface area contributed by atoms with Crippen LogP contribution in [0, 0.1) is 21.4 Å². The van der Waals surface area contributed by atoms with E-state index < -0.39 is 16.8 Å². The Morgan fingerprint density at radius 2 is 2.06 bits per heavy atom. The number of anilines is 1. The number of nitriles is 1. The first-order valence-electron chi connectivity index (χ1n) is 8.68. The van der Waals surface area contributed by atoms with Gasteiger partial charge >= 0.3 is 5.97 Å². The summed E-state index contributed by atoms with van der Waals surface area (Å²) in [5, 5.41) is 22.6. The first-order chi connectivity index (χ1) is 14.7. The van der Waals surface area contributed by atoms with Crippen molar-refractivity contribution in [2.24, 2.45) is 0 Å². The quantitative estimate of drug-likeness (QED) is 0.141. The van der Waals surface area contributed by atoms with Crippen molar-refractivity contribution in [3.05, 3.63) is 61.1 Å². The lowest BCUT2D eigenvalue weighted by atomic mass is 10.1. The number of carbonyl (C=O) groups is 2. The number of nitro benzene ring substituents is 1. The zero-order valence-corrected chi connectivity index (χ0v) is 18.6. The lowest BCUT2D eigenvalue weighted by molar-refractivity contribution is -0.384. The molecule has 0 atom stereocenters. The molecule has 11 heteroatoms. The number of esters is 1. The van der Waals surface area contributed by atoms with Crippen molar-refractivity contribution in [3.8, 4) is 17.6 Å². The number of hydrogen-bond donors (Lipinski definition) is 1. The van der Waals surface area contributed by atoms with Crippen LogP contribution in [0.5, 0.6) is 11.5 Å². The van der Waals surface area contributed by atoms with Crippen molar-refractivity contribution in [2.45, 2.75) is 13.8 Å². The summed E-state index contributed by atoms with van der Waals surface area (Å²) >= 11 is 9.26. The minimum atomic E-state index is -0.767. The molecular weight excluding hydrogens is 494 g/mol. The Morgan fingerprint density at radius 3 is 2.61 bits per heavy atom. The molecule has 2 aromatic rings. The molecule has 2 aromatic carbocycles. The summed E-state index contributed by atoms with van der Waals surface area (Å²) in [6, 6.07) is 8.38. The fourth-order valence-electron chi connectivity index (χ4n) is 2.40. The van der Waals surface area contributed by atoms with Crippen molar-refractivity contribution < 1.29 is 24.0 Å². The van der Waals surface area contributed by atoms with Crippen LogP contribution < -0.4 is 14.8 Å². The standard InChI is InChI=1S/C20H15BrClN3O6/c1-3-30-18-8-12(7-15(21)19(18)31-11(2)26)6-13(10-23)20(27)24-17-5-4-14(25(28)29)9-16(17)22/h4-9H,3H2,1-2H3,(H,24,27)/b13-6+. The van der Waals surface area contributed by atoms with Crippen LogP contribution in [0.4, 0.5) is 11.4 Å². The van der Waals surface area contributed by atoms with E-state index in [0.29, 0.717) is 10.0 Å². The average molecular weight is 509 g/mol. The van der Waals surface area contributed by atoms with Crippen molar-refractivity contribution >= 4 is 56.9 Å². The van der Waals surface area contributed by atoms with Gasteiger partial charge in [0.15, 0.2) is 11.5 Å². The number of non-ortho nitro benzene ring substituents is 1. The molecule has 0 aliphatic carbocycles. The Bertz CT molecular complexity index is 1130. The lowest BCUT2D eigenvalue weighted by Gasteiger charge is -2.13. The summed E-state index contributed by atoms with van der Waals surface area (Å²) < 4.78 is 11.0. The molecule has 0 saturated heterocycles. The number of nitrogens with zero attached hydrogens (tertiary/aromatic N) is 2. The van der Waals surface area contributed by atoms with E-state index in [0.717, 1.165) is 6.07 Å². The van der Waals surface area contributed by atoms with Crippen LogP contribution in [0.3, 0.4) is 0 Å². The molecule has 0 fully saturated rings. The molecule has 0 aromatic heterocycles. The summed E-state index contributed by atoms with van der Waals surface area (Å²) in [4.78, 5) is 34.0. The van der Waals surface area contributed by atoms with Gasteiger partial charge < -0.3 is 14.8 Å². The number of ether oxygens (including phenoxy) is 2. The maximum absolute atomic E-state index is 12.5. The maximum atomic E-state index is 12.5. The Balaban J connectivity index is 2.36. The van der Waals surface area contributed by atoms with E-state index >= 15 is 0 Å². The van der Waals surface area contributed by atoms with Gasteiger partial charge in [-0.05, 0) is 52.7 Å². The fourth-order valence-corrected chi connectivity index (χ4v) is 3.16. The van der Waals surface area contributed by atoms with Gasteiger partial charge in [-0.3, -0.25) is 19.7 Å². The molecule has 0 bridgehead atoms. The molecule has 2 rings (SSSR count). The summed E-state index contributed by atoms with van der Waals surface area (Å²) in [5.41, 5.74) is 0.0387. The van der Waals surface area contributed by atoms with Gasteiger partial charge in [0.1, 0.15) is 11.6 Å². The molecular formula is C20H15BrClN3O6. The summed E-state index contributed by atoms with van der Waals surface area (Å²) in [6.07, 6.45) is 1.31. The second kappa shape index (κ2) is 10.6. The van der Waals surface area contributed by atoms with E-state index in [-0.39, 0.29) is 40.1 Å². The summed E-state index contributed by atoms with van der Waals surface area (Å²) in [7, 11) is 0. The highest BCUT2D eigenvalue weighted by Crippen LogP contribution is 2.37. The van der Waals surface area contributed by atoms with Crippen LogP contribution in [0.2, 0.25) is 5.02 Å². The summed E-state index contributed by atoms with van der Waals surface area (Å²) in [5.74, 6) is -0.889. The molecule has 0 spiro atoms. The Hall–Kier alpha value is -3.42. The predicted molar refractivity (Wildman–Crippen MR) is 117 cm³/mol. The molecule has 0 aliphatic heterocycles. The first-order valence-corrected chi connectivity index (χ1v) is 9.85. The molecule has 1 amide bonds. The summed E-state index contributed by atoms with van der Waals surface area (Å²) in [6.45, 7) is 3.28. The van der Waals surface area contributed by atoms with Gasteiger partial charge in [-0.15, -0.1) is 0 Å². The van der Waals surface area contributed by atoms with E-state index in [9.17, 15) is 25.0 Å². The minimum absolute atomic E-state index is 0.0491. The number of benzene rings is 2. The van der Waals surface area contributed by atoms with Gasteiger partial charge in [0.25, 0.3) is 11.6 Å². The van der Waals surface area contributed by atoms with Gasteiger partial charge in [-0.1, -0.05) is 11.6 Å². The van der Waals surface area contributed by atoms with Crippen molar-refractivity contribution in [1.29, 1.82) is 5.26 Å². The molecule has 9 nitrogen and oxygen atoms in total. The molecule has 1 N–H and O–H groups in total. The Labute approximate surface area is 190 Å². The Kier molecular flexibility index (Phi) is 8.13. The van der Waals surface area contributed by atoms with E-state index in [2.05, 4.69) is 21.2 Å². The number of nitrogens with one attached hydrogen (secondary N) is 1. The number of hydrogen-bond acceptors (Lipinski definition) is 7. The third-order valence-corrected chi connectivity index (χ3v) is 4.57. The van der Waals surface area contributed by atoms with E-state index in [1.165, 1.54) is 31.2 Å². The Morgan fingerprint density at radius 1 is 1.35 bits per heavy atom. The van der Waals surface area contributed by atoms with Gasteiger partial charge in [-0.25, -0.2) is 0 Å². The van der Waals surface area contributed by atoms with Gasteiger partial charge in [0.05, 0.1) is 26.7 Å². The minimum Gasteiger partial charge on any atom is -0.490 e. The van der Waals surface area contributed by atoms with Crippen LogP contribution in [-0.2, 0) is 9.59 Å². The molecule has 160 valence electrons. The van der Waals surface area contributed by atoms with Gasteiger partial charge in [0.2, 0.25) is 0 Å². The number of carbonyl (C=O) groups excluding carboxylic acids is 2. The predicted octanol–water partition coefficient (Wildman–Crippen LogP) is 4.88. The SMILES string of the molecule is CCOc1cc(/C=C(\C#N)C(=O)Nc2ccc([N+](=O)[O-])cc2Cl)cc(Br)c1OC(C)=O. The molecule has 0 saturated carbocycles. The second-order valence-electron chi connectivity index (χ2n) is 5.90.